The molecule has 39 heteroatoms. The summed E-state index contributed by atoms with van der Waals surface area (Å²) >= 11 is 0. The number of H-pyrrole nitrogens is 1. The monoisotopic (exact) mass is 1430 g/mol. The topological polar surface area (TPSA) is 652 Å². The van der Waals surface area contributed by atoms with E-state index in [2.05, 4.69) is 73.4 Å². The fourth-order valence-corrected chi connectivity index (χ4v) is 9.55. The molecular formula is C62H96N18O21. The molecule has 0 spiro atoms. The SMILES string of the molecule is CC[C@H](C)[C@H](N)C(=O)N[C@@H](CO)C(=O)N[C@@H](CCC(=O)O)C(=O)N[C@H](C(=O)N[C@@H](CC(=O)O)C(=O)N[C@@H](CC(C)C)C(=O)N[C@@H](CC(=O)O)C(=O)N[C@@H](C)C(=O)N[C@@H](CCC(=O)O)C(=O)N[C@@H](Cc1ccccc1)C(=O)N[C@@H](CCCN=C(N)N)C(=O)N[C@@H](Cc1cnc[nH]1)C(N)=O)C(C)C. The van der Waals surface area contributed by atoms with Gasteiger partial charge in [-0.15, -0.1) is 0 Å². The minimum Gasteiger partial charge on any atom is -0.481 e. The van der Waals surface area contributed by atoms with Crippen molar-refractivity contribution in [1.29, 1.82) is 0 Å². The number of aliphatic hydroxyl groups excluding tert-OH is 1. The summed E-state index contributed by atoms with van der Waals surface area (Å²) in [5.74, 6) is -21.6. The number of benzene rings is 1. The molecule has 0 saturated carbocycles. The highest BCUT2D eigenvalue weighted by Crippen LogP contribution is 2.14. The van der Waals surface area contributed by atoms with Gasteiger partial charge in [-0.3, -0.25) is 81.7 Å². The lowest BCUT2D eigenvalue weighted by Crippen LogP contribution is -2.61. The number of imidazole rings is 1. The molecule has 0 fully saturated rings. The Morgan fingerprint density at radius 3 is 1.41 bits per heavy atom. The highest BCUT2D eigenvalue weighted by atomic mass is 16.4. The average molecular weight is 1430 g/mol. The minimum absolute atomic E-state index is 0.0135. The normalized spacial score (nSPS) is 14.9. The summed E-state index contributed by atoms with van der Waals surface area (Å²) in [4.78, 5) is 223. The van der Waals surface area contributed by atoms with E-state index in [-0.39, 0.29) is 50.5 Å². The second kappa shape index (κ2) is 43.5. The number of nitrogens with two attached hydrogens (primary N) is 4. The molecule has 0 aliphatic rings. The number of aromatic amines is 1. The standard InChI is InChI=1S/C62H96N18O21/c1-8-31(6)48(63)60(100)79-43(27-81)59(99)73-37(17-19-45(84)85)54(94)80-49(30(4)5)61(101)78-42(25-47(88)89)58(98)75-39(21-29(2)3)56(96)77-41(24-46(86)87)55(95)70-32(7)51(91)71-36(16-18-44(82)83)53(93)76-40(22-33-13-10-9-11-14-33)57(97)72-35(15-12-20-68-62(65)66)52(92)74-38(50(64)90)23-34-26-67-28-69-34/h9-11,13-14,26,28-32,35-43,48-49,81H,8,12,15-25,27,63H2,1-7H3,(H2,64,90)(H,67,69)(H,70,95)(H,71,91)(H,72,97)(H,73,99)(H,74,92)(H,75,98)(H,76,93)(H,77,96)(H,78,101)(H,79,100)(H,80,94)(H,82,83)(H,84,85)(H,86,87)(H,88,89)(H4,65,66,68)/t31-,32-,35-,36-,37-,38-,39-,40-,41-,42-,43-,48-,49-/m0/s1. The van der Waals surface area contributed by atoms with Crippen molar-refractivity contribution in [2.45, 2.75) is 198 Å². The first-order chi connectivity index (χ1) is 47.4. The summed E-state index contributed by atoms with van der Waals surface area (Å²) in [7, 11) is 0. The number of carboxylic acids is 4. The number of carboxylic acid groups (broad SMARTS) is 4. The number of primary amides is 1. The third-order valence-electron chi connectivity index (χ3n) is 15.4. The van der Waals surface area contributed by atoms with Gasteiger partial charge in [-0.25, -0.2) is 4.98 Å². The van der Waals surface area contributed by atoms with Crippen molar-refractivity contribution in [2.24, 2.45) is 45.7 Å². The third-order valence-corrected chi connectivity index (χ3v) is 15.4. The lowest BCUT2D eigenvalue weighted by atomic mass is 9.99. The zero-order chi connectivity index (χ0) is 76.4. The molecule has 1 aromatic carbocycles. The molecule has 101 heavy (non-hydrogen) atoms. The largest absolute Gasteiger partial charge is 0.481 e. The Hall–Kier alpha value is -10.9. The highest BCUT2D eigenvalue weighted by Gasteiger charge is 2.38. The van der Waals surface area contributed by atoms with Crippen LogP contribution in [-0.4, -0.2) is 222 Å². The molecule has 0 aliphatic carbocycles. The van der Waals surface area contributed by atoms with Gasteiger partial charge in [0.25, 0.3) is 0 Å². The van der Waals surface area contributed by atoms with Crippen LogP contribution in [0.3, 0.4) is 0 Å². The Morgan fingerprint density at radius 1 is 0.495 bits per heavy atom. The van der Waals surface area contributed by atoms with Gasteiger partial charge in [0, 0.05) is 44.1 Å². The summed E-state index contributed by atoms with van der Waals surface area (Å²) in [5, 5.41) is 74.5. The quantitative estimate of drug-likeness (QED) is 0.0167. The number of nitrogens with zero attached hydrogens (tertiary/aromatic N) is 2. The number of rotatable bonds is 47. The van der Waals surface area contributed by atoms with Crippen LogP contribution in [0.25, 0.3) is 0 Å². The summed E-state index contributed by atoms with van der Waals surface area (Å²) in [6, 6.07) is -11.8. The van der Waals surface area contributed by atoms with Crippen LogP contribution < -0.4 is 81.4 Å². The van der Waals surface area contributed by atoms with Gasteiger partial charge in [0.1, 0.15) is 66.5 Å². The van der Waals surface area contributed by atoms with Crippen molar-refractivity contribution in [3.8, 4) is 0 Å². The van der Waals surface area contributed by atoms with Crippen LogP contribution in [0.15, 0.2) is 47.8 Å². The first-order valence-corrected chi connectivity index (χ1v) is 32.3. The fourth-order valence-electron chi connectivity index (χ4n) is 9.55. The van der Waals surface area contributed by atoms with E-state index in [1.807, 2.05) is 0 Å². The Kier molecular flexibility index (Phi) is 37.2. The molecule has 1 aromatic heterocycles. The molecule has 0 radical (unpaired) electrons. The molecule has 0 aliphatic heterocycles. The fraction of sp³-hybridized carbons (Fsp3) is 0.581. The minimum atomic E-state index is -2.06. The highest BCUT2D eigenvalue weighted by molar-refractivity contribution is 6.01. The summed E-state index contributed by atoms with van der Waals surface area (Å²) in [5.41, 5.74) is 23.4. The van der Waals surface area contributed by atoms with Gasteiger partial charge >= 0.3 is 23.9 Å². The van der Waals surface area contributed by atoms with E-state index in [4.69, 9.17) is 22.9 Å². The second-order valence-electron chi connectivity index (χ2n) is 24.6. The van der Waals surface area contributed by atoms with Crippen LogP contribution in [0.5, 0.6) is 0 Å². The van der Waals surface area contributed by atoms with E-state index >= 15 is 0 Å². The molecule has 39 nitrogen and oxygen atoms in total. The van der Waals surface area contributed by atoms with E-state index in [1.165, 1.54) is 26.4 Å². The molecule has 560 valence electrons. The predicted octanol–water partition coefficient (Wildman–Crippen LogP) is -6.17. The Bertz CT molecular complexity index is 3220. The van der Waals surface area contributed by atoms with Crippen LogP contribution in [0, 0.1) is 17.8 Å². The summed E-state index contributed by atoms with van der Waals surface area (Å²) in [6.07, 6.45) is -2.59. The van der Waals surface area contributed by atoms with Gasteiger partial charge in [-0.1, -0.05) is 78.3 Å². The number of aliphatic hydroxyl groups is 1. The molecule has 0 bridgehead atoms. The number of guanidine groups is 1. The number of amides is 12. The number of aliphatic carboxylic acids is 4. The number of carbonyl (C=O) groups is 16. The number of aromatic nitrogens is 2. The smallest absolute Gasteiger partial charge is 0.305 e. The van der Waals surface area contributed by atoms with Crippen molar-refractivity contribution in [3.63, 3.8) is 0 Å². The number of carbonyl (C=O) groups excluding carboxylic acids is 12. The molecule has 25 N–H and O–H groups in total. The van der Waals surface area contributed by atoms with E-state index in [9.17, 15) is 102 Å². The predicted molar refractivity (Wildman–Crippen MR) is 356 cm³/mol. The van der Waals surface area contributed by atoms with Crippen LogP contribution in [-0.2, 0) is 89.6 Å². The maximum Gasteiger partial charge on any atom is 0.305 e. The lowest BCUT2D eigenvalue weighted by Gasteiger charge is -2.29. The van der Waals surface area contributed by atoms with E-state index < -0.39 is 224 Å². The molecular weight excluding hydrogens is 1330 g/mol. The zero-order valence-electron chi connectivity index (χ0n) is 57.1. The molecule has 0 saturated heterocycles. The summed E-state index contributed by atoms with van der Waals surface area (Å²) in [6.45, 7) is 9.45. The molecule has 2 rings (SSSR count). The lowest BCUT2D eigenvalue weighted by molar-refractivity contribution is -0.142. The van der Waals surface area contributed by atoms with Gasteiger partial charge in [-0.2, -0.15) is 0 Å². The van der Waals surface area contributed by atoms with Crippen LogP contribution in [0.1, 0.15) is 124 Å². The maximum absolute atomic E-state index is 14.3. The van der Waals surface area contributed by atoms with Crippen molar-refractivity contribution in [3.05, 3.63) is 54.1 Å². The third kappa shape index (κ3) is 32.1. The van der Waals surface area contributed by atoms with E-state index in [0.29, 0.717) is 17.7 Å². The van der Waals surface area contributed by atoms with Gasteiger partial charge in [0.05, 0.1) is 31.8 Å². The van der Waals surface area contributed by atoms with Gasteiger partial charge < -0.3 is 112 Å². The zero-order valence-corrected chi connectivity index (χ0v) is 57.1. The Balaban J connectivity index is 2.43. The molecule has 0 unspecified atom stereocenters. The number of hydrogen-bond acceptors (Lipinski definition) is 20. The van der Waals surface area contributed by atoms with Crippen molar-refractivity contribution in [1.82, 2.24) is 68.5 Å². The van der Waals surface area contributed by atoms with Crippen molar-refractivity contribution < 1.29 is 102 Å². The van der Waals surface area contributed by atoms with Crippen LogP contribution in [0.4, 0.5) is 0 Å². The van der Waals surface area contributed by atoms with Crippen LogP contribution >= 0.6 is 0 Å². The van der Waals surface area contributed by atoms with Crippen molar-refractivity contribution in [2.75, 3.05) is 13.2 Å². The first kappa shape index (κ1) is 86.2. The van der Waals surface area contributed by atoms with Gasteiger partial charge in [0.15, 0.2) is 5.96 Å². The second-order valence-corrected chi connectivity index (χ2v) is 24.6. The Morgan fingerprint density at radius 2 is 0.931 bits per heavy atom. The number of hydrogen-bond donors (Lipinski definition) is 21. The number of aliphatic imine (C=N–C) groups is 1. The van der Waals surface area contributed by atoms with Crippen molar-refractivity contribution >= 4 is 101 Å². The number of nitrogens with one attached hydrogen (secondary N) is 12. The molecule has 13 atom stereocenters. The molecule has 1 heterocycles. The van der Waals surface area contributed by atoms with E-state index in [0.717, 1.165) is 6.92 Å². The Labute approximate surface area is 580 Å². The molecule has 2 aromatic rings. The van der Waals surface area contributed by atoms with Crippen LogP contribution in [0.2, 0.25) is 0 Å². The summed E-state index contributed by atoms with van der Waals surface area (Å²) < 4.78 is 0. The first-order valence-electron chi connectivity index (χ1n) is 32.3. The van der Waals surface area contributed by atoms with Gasteiger partial charge in [0.2, 0.25) is 70.9 Å². The average Bonchev–Trinajstić information content (AvgIpc) is 1.12. The van der Waals surface area contributed by atoms with E-state index in [1.54, 1.807) is 58.0 Å². The maximum atomic E-state index is 14.3. The molecule has 12 amide bonds. The van der Waals surface area contributed by atoms with Gasteiger partial charge in [-0.05, 0) is 62.3 Å².